The van der Waals surface area contributed by atoms with Gasteiger partial charge in [-0.05, 0) is 38.0 Å². The van der Waals surface area contributed by atoms with Gasteiger partial charge in [0.2, 0.25) is 0 Å². The van der Waals surface area contributed by atoms with E-state index in [0.717, 1.165) is 12.3 Å². The molecule has 4 nitrogen and oxygen atoms in total. The molecule has 0 heterocycles. The van der Waals surface area contributed by atoms with Crippen LogP contribution in [0, 0.1) is 17.8 Å². The van der Waals surface area contributed by atoms with Gasteiger partial charge in [0, 0.05) is 7.11 Å². The zero-order valence-corrected chi connectivity index (χ0v) is 11.4. The van der Waals surface area contributed by atoms with Crippen LogP contribution in [0.15, 0.2) is 0 Å². The second kappa shape index (κ2) is 6.53. The summed E-state index contributed by atoms with van der Waals surface area (Å²) in [5, 5.41) is 0. The normalized spacial score (nSPS) is 32.2. The first-order chi connectivity index (χ1) is 8.70. The first-order valence-corrected chi connectivity index (χ1v) is 7.01. The molecule has 2 saturated carbocycles. The van der Waals surface area contributed by atoms with Gasteiger partial charge < -0.3 is 14.2 Å². The average Bonchev–Trinajstić information content (AvgIpc) is 2.68. The van der Waals surface area contributed by atoms with Crippen LogP contribution in [0.5, 0.6) is 0 Å². The molecule has 0 radical (unpaired) electrons. The third kappa shape index (κ3) is 3.45. The minimum Gasteiger partial charge on any atom is -0.463 e. The van der Waals surface area contributed by atoms with Crippen molar-refractivity contribution in [2.24, 2.45) is 17.8 Å². The van der Waals surface area contributed by atoms with Crippen LogP contribution < -0.4 is 0 Å². The summed E-state index contributed by atoms with van der Waals surface area (Å²) in [5.41, 5.74) is 0. The Hall–Kier alpha value is -0.610. The fourth-order valence-corrected chi connectivity index (χ4v) is 3.28. The van der Waals surface area contributed by atoms with Crippen LogP contribution in [-0.2, 0) is 19.0 Å². The van der Waals surface area contributed by atoms with Gasteiger partial charge in [0.15, 0.2) is 6.29 Å². The molecule has 0 aliphatic heterocycles. The molecule has 2 aliphatic rings. The van der Waals surface area contributed by atoms with Crippen LogP contribution in [0.4, 0.5) is 0 Å². The Labute approximate surface area is 109 Å². The highest BCUT2D eigenvalue weighted by Crippen LogP contribution is 2.46. The number of carbonyl (C=O) groups excluding carboxylic acids is 1. The van der Waals surface area contributed by atoms with E-state index in [1.807, 2.05) is 6.92 Å². The van der Waals surface area contributed by atoms with Crippen molar-refractivity contribution < 1.29 is 19.0 Å². The van der Waals surface area contributed by atoms with E-state index in [-0.39, 0.29) is 18.2 Å². The Morgan fingerprint density at radius 2 is 2.11 bits per heavy atom. The van der Waals surface area contributed by atoms with Crippen LogP contribution in [0.2, 0.25) is 0 Å². The van der Waals surface area contributed by atoms with Gasteiger partial charge in [-0.2, -0.15) is 0 Å². The van der Waals surface area contributed by atoms with Gasteiger partial charge in [-0.1, -0.05) is 12.8 Å². The average molecular weight is 256 g/mol. The maximum atomic E-state index is 12.0. The molecule has 4 unspecified atom stereocenters. The maximum absolute atomic E-state index is 12.0. The first-order valence-electron chi connectivity index (χ1n) is 7.01. The monoisotopic (exact) mass is 256 g/mol. The number of methoxy groups -OCH3 is 1. The Bertz CT molecular complexity index is 279. The molecule has 104 valence electrons. The summed E-state index contributed by atoms with van der Waals surface area (Å²) < 4.78 is 15.6. The summed E-state index contributed by atoms with van der Waals surface area (Å²) >= 11 is 0. The lowest BCUT2D eigenvalue weighted by atomic mass is 9.87. The number of hydrogen-bond acceptors (Lipinski definition) is 4. The van der Waals surface area contributed by atoms with E-state index in [0.29, 0.717) is 19.1 Å². The van der Waals surface area contributed by atoms with Crippen LogP contribution in [0.3, 0.4) is 0 Å². The number of fused-ring (bicyclic) bond motifs is 2. The smallest absolute Gasteiger partial charge is 0.309 e. The van der Waals surface area contributed by atoms with E-state index >= 15 is 0 Å². The topological polar surface area (TPSA) is 44.8 Å². The molecule has 2 aliphatic carbocycles. The number of carbonyl (C=O) groups is 1. The number of esters is 1. The minimum atomic E-state index is -0.241. The number of hydrogen-bond donors (Lipinski definition) is 0. The van der Waals surface area contributed by atoms with Crippen LogP contribution in [-0.4, -0.2) is 32.6 Å². The van der Waals surface area contributed by atoms with Crippen molar-refractivity contribution in [1.29, 1.82) is 0 Å². The van der Waals surface area contributed by atoms with E-state index < -0.39 is 0 Å². The molecule has 2 bridgehead atoms. The lowest BCUT2D eigenvalue weighted by Crippen LogP contribution is -2.24. The molecule has 2 fully saturated rings. The van der Waals surface area contributed by atoms with Crippen LogP contribution in [0.25, 0.3) is 0 Å². The van der Waals surface area contributed by atoms with Crippen LogP contribution in [0.1, 0.15) is 39.0 Å². The van der Waals surface area contributed by atoms with E-state index in [1.165, 1.54) is 25.7 Å². The van der Waals surface area contributed by atoms with E-state index in [9.17, 15) is 4.79 Å². The summed E-state index contributed by atoms with van der Waals surface area (Å²) in [7, 11) is 1.59. The van der Waals surface area contributed by atoms with Gasteiger partial charge >= 0.3 is 5.97 Å². The molecule has 18 heavy (non-hydrogen) atoms. The molecule has 0 saturated heterocycles. The summed E-state index contributed by atoms with van der Waals surface area (Å²) in [5.74, 6) is 1.48. The van der Waals surface area contributed by atoms with Crippen molar-refractivity contribution in [2.75, 3.05) is 20.3 Å². The highest BCUT2D eigenvalue weighted by Gasteiger charge is 2.41. The molecule has 0 aromatic heterocycles. The molecule has 0 N–H and O–H groups in total. The maximum Gasteiger partial charge on any atom is 0.309 e. The molecular weight excluding hydrogens is 232 g/mol. The van der Waals surface area contributed by atoms with Crippen molar-refractivity contribution in [3.05, 3.63) is 0 Å². The molecular formula is C14H24O4. The van der Waals surface area contributed by atoms with Crippen molar-refractivity contribution in [3.8, 4) is 0 Å². The highest BCUT2D eigenvalue weighted by molar-refractivity contribution is 5.73. The van der Waals surface area contributed by atoms with E-state index in [4.69, 9.17) is 14.2 Å². The predicted molar refractivity (Wildman–Crippen MR) is 66.9 cm³/mol. The zero-order chi connectivity index (χ0) is 13.0. The Kier molecular flexibility index (Phi) is 5.01. The standard InChI is InChI=1S/C14H24O4/c1-10(16-2)17-6-7-18-14(15)13-9-11-4-3-5-12(13)8-11/h10-13H,3-9H2,1-2H3. The fourth-order valence-electron chi connectivity index (χ4n) is 3.28. The Balaban J connectivity index is 1.66. The Morgan fingerprint density at radius 3 is 2.83 bits per heavy atom. The van der Waals surface area contributed by atoms with Crippen molar-refractivity contribution in [2.45, 2.75) is 45.3 Å². The number of rotatable bonds is 6. The first kappa shape index (κ1) is 13.8. The summed E-state index contributed by atoms with van der Waals surface area (Å²) in [6, 6.07) is 0. The van der Waals surface area contributed by atoms with Crippen molar-refractivity contribution >= 4 is 5.97 Å². The SMILES string of the molecule is COC(C)OCCOC(=O)C1CC2CCCC1C2. The van der Waals surface area contributed by atoms with Gasteiger partial charge in [-0.15, -0.1) is 0 Å². The second-order valence-electron chi connectivity index (χ2n) is 5.48. The summed E-state index contributed by atoms with van der Waals surface area (Å²) in [4.78, 5) is 12.0. The summed E-state index contributed by atoms with van der Waals surface area (Å²) in [6.07, 6.45) is 5.82. The molecule has 0 aromatic carbocycles. The quantitative estimate of drug-likeness (QED) is 0.416. The molecule has 4 heteroatoms. The summed E-state index contributed by atoms with van der Waals surface area (Å²) in [6.45, 7) is 2.56. The fraction of sp³-hybridized carbons (Fsp3) is 0.929. The predicted octanol–water partition coefficient (Wildman–Crippen LogP) is 2.36. The highest BCUT2D eigenvalue weighted by atomic mass is 16.7. The molecule has 0 amide bonds. The van der Waals surface area contributed by atoms with Gasteiger partial charge in [-0.3, -0.25) is 4.79 Å². The van der Waals surface area contributed by atoms with E-state index in [2.05, 4.69) is 0 Å². The molecule has 2 rings (SSSR count). The molecule has 4 atom stereocenters. The lowest BCUT2D eigenvalue weighted by Gasteiger charge is -2.20. The van der Waals surface area contributed by atoms with Gasteiger partial charge in [-0.25, -0.2) is 0 Å². The lowest BCUT2D eigenvalue weighted by molar-refractivity contribution is -0.157. The Morgan fingerprint density at radius 1 is 1.28 bits per heavy atom. The second-order valence-corrected chi connectivity index (χ2v) is 5.48. The third-order valence-electron chi connectivity index (χ3n) is 4.29. The van der Waals surface area contributed by atoms with Gasteiger partial charge in [0.05, 0.1) is 12.5 Å². The van der Waals surface area contributed by atoms with E-state index in [1.54, 1.807) is 7.11 Å². The molecule has 0 spiro atoms. The minimum absolute atomic E-state index is 0.0157. The van der Waals surface area contributed by atoms with Crippen molar-refractivity contribution in [1.82, 2.24) is 0 Å². The zero-order valence-electron chi connectivity index (χ0n) is 11.4. The van der Waals surface area contributed by atoms with Crippen LogP contribution >= 0.6 is 0 Å². The van der Waals surface area contributed by atoms with Crippen molar-refractivity contribution in [3.63, 3.8) is 0 Å². The van der Waals surface area contributed by atoms with Gasteiger partial charge in [0.1, 0.15) is 6.61 Å². The largest absolute Gasteiger partial charge is 0.463 e. The number of ether oxygens (including phenoxy) is 3. The molecule has 0 aromatic rings. The third-order valence-corrected chi connectivity index (χ3v) is 4.29. The van der Waals surface area contributed by atoms with Gasteiger partial charge in [0.25, 0.3) is 0 Å².